The fourth-order valence-corrected chi connectivity index (χ4v) is 1.39. The van der Waals surface area contributed by atoms with Gasteiger partial charge in [0.05, 0.1) is 12.6 Å². The van der Waals surface area contributed by atoms with Gasteiger partial charge in [0.2, 0.25) is 0 Å². The van der Waals surface area contributed by atoms with Crippen LogP contribution in [0.2, 0.25) is 0 Å². The van der Waals surface area contributed by atoms with E-state index in [0.29, 0.717) is 6.54 Å². The van der Waals surface area contributed by atoms with Crippen LogP contribution >= 0.6 is 0 Å². The number of likely N-dealkylation sites (N-methyl/N-ethyl adjacent to an activating group) is 1. The summed E-state index contributed by atoms with van der Waals surface area (Å²) in [6.45, 7) is 5.36. The van der Waals surface area contributed by atoms with Crippen molar-refractivity contribution in [3.05, 3.63) is 23.7 Å². The Balaban J connectivity index is 2.37. The van der Waals surface area contributed by atoms with E-state index < -0.39 is 0 Å². The molecule has 80 valence electrons. The molecule has 0 radical (unpaired) electrons. The first-order chi connectivity index (χ1) is 6.61. The Morgan fingerprint density at radius 3 is 2.71 bits per heavy atom. The zero-order chi connectivity index (χ0) is 10.6. The molecule has 0 aliphatic carbocycles. The summed E-state index contributed by atoms with van der Waals surface area (Å²) in [5.74, 6) is 1.89. The quantitative estimate of drug-likeness (QED) is 0.782. The first-order valence-electron chi connectivity index (χ1n) is 5.03. The van der Waals surface area contributed by atoms with E-state index in [4.69, 9.17) is 4.42 Å². The van der Waals surface area contributed by atoms with E-state index in [1.54, 1.807) is 0 Å². The van der Waals surface area contributed by atoms with Gasteiger partial charge in [-0.15, -0.1) is 0 Å². The molecule has 1 aromatic rings. The van der Waals surface area contributed by atoms with E-state index in [-0.39, 0.29) is 6.10 Å². The highest BCUT2D eigenvalue weighted by Gasteiger charge is 2.08. The van der Waals surface area contributed by atoms with Gasteiger partial charge in [-0.3, -0.25) is 4.90 Å². The van der Waals surface area contributed by atoms with Gasteiger partial charge in [0.25, 0.3) is 0 Å². The fraction of sp³-hybridized carbons (Fsp3) is 0.636. The van der Waals surface area contributed by atoms with Crippen molar-refractivity contribution in [2.45, 2.75) is 32.9 Å². The van der Waals surface area contributed by atoms with Crippen molar-refractivity contribution >= 4 is 0 Å². The van der Waals surface area contributed by atoms with Crippen molar-refractivity contribution in [3.63, 3.8) is 0 Å². The Labute approximate surface area is 85.3 Å². The van der Waals surface area contributed by atoms with Crippen LogP contribution in [0, 0.1) is 6.92 Å². The van der Waals surface area contributed by atoms with Crippen LogP contribution in [-0.4, -0.2) is 29.7 Å². The summed E-state index contributed by atoms with van der Waals surface area (Å²) in [6, 6.07) is 3.93. The summed E-state index contributed by atoms with van der Waals surface area (Å²) >= 11 is 0. The number of hydrogen-bond acceptors (Lipinski definition) is 3. The van der Waals surface area contributed by atoms with Crippen molar-refractivity contribution in [3.8, 4) is 0 Å². The Morgan fingerprint density at radius 1 is 1.50 bits per heavy atom. The lowest BCUT2D eigenvalue weighted by Crippen LogP contribution is -2.28. The number of aliphatic hydroxyl groups is 1. The zero-order valence-electron chi connectivity index (χ0n) is 9.16. The van der Waals surface area contributed by atoms with E-state index in [9.17, 15) is 5.11 Å². The third kappa shape index (κ3) is 3.52. The first kappa shape index (κ1) is 11.3. The van der Waals surface area contributed by atoms with Gasteiger partial charge >= 0.3 is 0 Å². The number of nitrogens with zero attached hydrogens (tertiary/aromatic N) is 1. The number of aliphatic hydroxyl groups excluding tert-OH is 1. The molecule has 0 aliphatic heterocycles. The molecule has 0 spiro atoms. The molecule has 0 amide bonds. The predicted octanol–water partition coefficient (Wildman–Crippen LogP) is 1.79. The normalized spacial score (nSPS) is 13.5. The van der Waals surface area contributed by atoms with Crippen molar-refractivity contribution in [1.82, 2.24) is 4.90 Å². The number of rotatable bonds is 5. The molecule has 0 bridgehead atoms. The molecular weight excluding hydrogens is 178 g/mol. The molecule has 1 unspecified atom stereocenters. The highest BCUT2D eigenvalue weighted by atomic mass is 16.3. The summed E-state index contributed by atoms with van der Waals surface area (Å²) in [7, 11) is 1.98. The van der Waals surface area contributed by atoms with Crippen LogP contribution in [0.15, 0.2) is 16.5 Å². The Bertz CT molecular complexity index is 270. The number of aryl methyl sites for hydroxylation is 1. The lowest BCUT2D eigenvalue weighted by Gasteiger charge is -2.18. The first-order valence-corrected chi connectivity index (χ1v) is 5.03. The Morgan fingerprint density at radius 2 is 2.21 bits per heavy atom. The van der Waals surface area contributed by atoms with Gasteiger partial charge in [-0.25, -0.2) is 0 Å². The maximum absolute atomic E-state index is 9.44. The van der Waals surface area contributed by atoms with Crippen molar-refractivity contribution in [2.24, 2.45) is 0 Å². The summed E-state index contributed by atoms with van der Waals surface area (Å²) in [6.07, 6.45) is 0.553. The Hall–Kier alpha value is -0.800. The molecule has 3 heteroatoms. The predicted molar refractivity (Wildman–Crippen MR) is 56.1 cm³/mol. The maximum Gasteiger partial charge on any atom is 0.118 e. The highest BCUT2D eigenvalue weighted by molar-refractivity contribution is 5.05. The standard InChI is InChI=1S/C11H19NO2/c1-4-10(13)7-12(3)8-11-6-5-9(2)14-11/h5-6,10,13H,4,7-8H2,1-3H3. The monoisotopic (exact) mass is 197 g/mol. The van der Waals surface area contributed by atoms with Gasteiger partial charge in [-0.2, -0.15) is 0 Å². The Kier molecular flexibility index (Phi) is 4.17. The molecule has 0 saturated carbocycles. The van der Waals surface area contributed by atoms with E-state index in [0.717, 1.165) is 24.5 Å². The molecule has 1 rings (SSSR count). The van der Waals surface area contributed by atoms with Crippen LogP contribution in [0.1, 0.15) is 24.9 Å². The SMILES string of the molecule is CCC(O)CN(C)Cc1ccc(C)o1. The topological polar surface area (TPSA) is 36.6 Å². The van der Waals surface area contributed by atoms with Crippen molar-refractivity contribution < 1.29 is 9.52 Å². The van der Waals surface area contributed by atoms with Crippen LogP contribution in [0.4, 0.5) is 0 Å². The second-order valence-electron chi connectivity index (χ2n) is 3.77. The van der Waals surface area contributed by atoms with Gasteiger partial charge in [-0.05, 0) is 32.5 Å². The van der Waals surface area contributed by atoms with E-state index in [1.807, 2.05) is 33.0 Å². The largest absolute Gasteiger partial charge is 0.465 e. The average molecular weight is 197 g/mol. The molecule has 3 nitrogen and oxygen atoms in total. The highest BCUT2D eigenvalue weighted by Crippen LogP contribution is 2.08. The summed E-state index contributed by atoms with van der Waals surface area (Å²) in [5.41, 5.74) is 0. The summed E-state index contributed by atoms with van der Waals surface area (Å²) in [4.78, 5) is 2.06. The molecule has 1 aromatic heterocycles. The van der Waals surface area contributed by atoms with E-state index in [2.05, 4.69) is 4.90 Å². The van der Waals surface area contributed by atoms with E-state index in [1.165, 1.54) is 0 Å². The number of hydrogen-bond donors (Lipinski definition) is 1. The van der Waals surface area contributed by atoms with Gasteiger partial charge in [0, 0.05) is 6.54 Å². The molecule has 1 heterocycles. The van der Waals surface area contributed by atoms with Crippen molar-refractivity contribution in [2.75, 3.05) is 13.6 Å². The lowest BCUT2D eigenvalue weighted by molar-refractivity contribution is 0.116. The van der Waals surface area contributed by atoms with Crippen molar-refractivity contribution in [1.29, 1.82) is 0 Å². The maximum atomic E-state index is 9.44. The van der Waals surface area contributed by atoms with Gasteiger partial charge < -0.3 is 9.52 Å². The summed E-state index contributed by atoms with van der Waals surface area (Å²) in [5, 5.41) is 9.44. The van der Waals surface area contributed by atoms with Gasteiger partial charge in [0.1, 0.15) is 11.5 Å². The fourth-order valence-electron chi connectivity index (χ4n) is 1.39. The molecule has 0 aromatic carbocycles. The minimum Gasteiger partial charge on any atom is -0.465 e. The summed E-state index contributed by atoms with van der Waals surface area (Å²) < 4.78 is 5.45. The minimum atomic E-state index is -0.240. The number of furan rings is 1. The van der Waals surface area contributed by atoms with Crippen LogP contribution in [0.3, 0.4) is 0 Å². The third-order valence-electron chi connectivity index (χ3n) is 2.22. The average Bonchev–Trinajstić information content (AvgIpc) is 2.50. The zero-order valence-corrected chi connectivity index (χ0v) is 9.16. The smallest absolute Gasteiger partial charge is 0.118 e. The van der Waals surface area contributed by atoms with Gasteiger partial charge in [0.15, 0.2) is 0 Å². The third-order valence-corrected chi connectivity index (χ3v) is 2.22. The van der Waals surface area contributed by atoms with Crippen LogP contribution in [-0.2, 0) is 6.54 Å². The second kappa shape index (κ2) is 5.17. The molecule has 0 aliphatic rings. The van der Waals surface area contributed by atoms with Gasteiger partial charge in [-0.1, -0.05) is 6.92 Å². The lowest BCUT2D eigenvalue weighted by atomic mass is 10.2. The van der Waals surface area contributed by atoms with E-state index >= 15 is 0 Å². The molecule has 0 fully saturated rings. The minimum absolute atomic E-state index is 0.240. The molecule has 1 atom stereocenters. The molecule has 1 N–H and O–H groups in total. The molecule has 0 saturated heterocycles. The molecular formula is C11H19NO2. The van der Waals surface area contributed by atoms with Crippen LogP contribution < -0.4 is 0 Å². The second-order valence-corrected chi connectivity index (χ2v) is 3.77. The van der Waals surface area contributed by atoms with Crippen LogP contribution in [0.5, 0.6) is 0 Å². The van der Waals surface area contributed by atoms with Crippen LogP contribution in [0.25, 0.3) is 0 Å². The molecule has 14 heavy (non-hydrogen) atoms.